The van der Waals surface area contributed by atoms with Crippen molar-refractivity contribution in [3.63, 3.8) is 0 Å². The van der Waals surface area contributed by atoms with Crippen molar-refractivity contribution in [2.75, 3.05) is 14.1 Å². The molecule has 1 aliphatic rings. The lowest BCUT2D eigenvalue weighted by atomic mass is 9.86. The van der Waals surface area contributed by atoms with Gasteiger partial charge in [0.05, 0.1) is 0 Å². The van der Waals surface area contributed by atoms with E-state index in [2.05, 4.69) is 52.0 Å². The molecule has 3 unspecified atom stereocenters. The van der Waals surface area contributed by atoms with Gasteiger partial charge >= 0.3 is 0 Å². The molecule has 16 heavy (non-hydrogen) atoms. The third kappa shape index (κ3) is 2.78. The van der Waals surface area contributed by atoms with Gasteiger partial charge in [0.15, 0.2) is 0 Å². The standard InChI is InChI=1S/C14H30N2/c1-7-8-11(2)16(6)12-9-10-14(3,4)13(12)15-5/h11-13,15H,7-10H2,1-6H3. The highest BCUT2D eigenvalue weighted by molar-refractivity contribution is 5.00. The van der Waals surface area contributed by atoms with E-state index in [9.17, 15) is 0 Å². The Morgan fingerprint density at radius 1 is 1.44 bits per heavy atom. The van der Waals surface area contributed by atoms with E-state index in [1.807, 2.05) is 0 Å². The Kier molecular flexibility index (Phi) is 4.81. The molecular formula is C14H30N2. The van der Waals surface area contributed by atoms with Crippen LogP contribution >= 0.6 is 0 Å². The summed E-state index contributed by atoms with van der Waals surface area (Å²) in [7, 11) is 4.42. The molecule has 2 nitrogen and oxygen atoms in total. The van der Waals surface area contributed by atoms with Crippen LogP contribution in [0.3, 0.4) is 0 Å². The zero-order valence-electron chi connectivity index (χ0n) is 12.0. The van der Waals surface area contributed by atoms with E-state index in [-0.39, 0.29) is 0 Å². The Labute approximate surface area is 102 Å². The summed E-state index contributed by atoms with van der Waals surface area (Å²) in [6.07, 6.45) is 5.27. The lowest BCUT2D eigenvalue weighted by Crippen LogP contribution is -2.51. The quantitative estimate of drug-likeness (QED) is 0.775. The van der Waals surface area contributed by atoms with E-state index in [0.717, 1.165) is 0 Å². The third-order valence-corrected chi connectivity index (χ3v) is 4.55. The first-order valence-electron chi connectivity index (χ1n) is 6.83. The number of rotatable bonds is 5. The monoisotopic (exact) mass is 226 g/mol. The third-order valence-electron chi connectivity index (χ3n) is 4.55. The fourth-order valence-electron chi connectivity index (χ4n) is 3.33. The first-order chi connectivity index (χ1) is 7.44. The Morgan fingerprint density at radius 2 is 2.06 bits per heavy atom. The van der Waals surface area contributed by atoms with E-state index in [0.29, 0.717) is 23.5 Å². The molecule has 96 valence electrons. The molecule has 0 radical (unpaired) electrons. The molecule has 1 N–H and O–H groups in total. The molecule has 0 aromatic carbocycles. The van der Waals surface area contributed by atoms with Crippen molar-refractivity contribution < 1.29 is 0 Å². The summed E-state index contributed by atoms with van der Waals surface area (Å²) in [6, 6.07) is 2.05. The Balaban J connectivity index is 2.66. The van der Waals surface area contributed by atoms with Gasteiger partial charge in [-0.3, -0.25) is 4.90 Å². The molecule has 1 saturated carbocycles. The zero-order valence-corrected chi connectivity index (χ0v) is 12.0. The first kappa shape index (κ1) is 14.0. The summed E-state index contributed by atoms with van der Waals surface area (Å²) in [4.78, 5) is 2.60. The maximum Gasteiger partial charge on any atom is 0.0271 e. The van der Waals surface area contributed by atoms with Crippen LogP contribution in [0, 0.1) is 5.41 Å². The fraction of sp³-hybridized carbons (Fsp3) is 1.00. The van der Waals surface area contributed by atoms with E-state index >= 15 is 0 Å². The second-order valence-corrected chi connectivity index (χ2v) is 6.16. The van der Waals surface area contributed by atoms with Crippen LogP contribution in [0.4, 0.5) is 0 Å². The maximum atomic E-state index is 3.54. The number of hydrogen-bond donors (Lipinski definition) is 1. The molecule has 0 amide bonds. The molecule has 1 fully saturated rings. The minimum absolute atomic E-state index is 0.444. The van der Waals surface area contributed by atoms with Crippen molar-refractivity contribution in [1.29, 1.82) is 0 Å². The topological polar surface area (TPSA) is 15.3 Å². The van der Waals surface area contributed by atoms with Crippen molar-refractivity contribution in [1.82, 2.24) is 10.2 Å². The molecule has 0 aromatic heterocycles. The normalized spacial score (nSPS) is 30.9. The van der Waals surface area contributed by atoms with Crippen molar-refractivity contribution in [2.45, 2.75) is 71.5 Å². The predicted molar refractivity (Wildman–Crippen MR) is 71.8 cm³/mol. The summed E-state index contributed by atoms with van der Waals surface area (Å²) >= 11 is 0. The van der Waals surface area contributed by atoms with E-state index in [1.54, 1.807) is 0 Å². The zero-order chi connectivity index (χ0) is 12.3. The van der Waals surface area contributed by atoms with Crippen molar-refractivity contribution >= 4 is 0 Å². The molecule has 0 heterocycles. The molecule has 0 aromatic rings. The average molecular weight is 226 g/mol. The van der Waals surface area contributed by atoms with Crippen molar-refractivity contribution in [2.24, 2.45) is 5.41 Å². The van der Waals surface area contributed by atoms with Crippen LogP contribution in [-0.2, 0) is 0 Å². The Bertz CT molecular complexity index is 213. The van der Waals surface area contributed by atoms with Gasteiger partial charge in [0.2, 0.25) is 0 Å². The lowest BCUT2D eigenvalue weighted by Gasteiger charge is -2.38. The summed E-state index contributed by atoms with van der Waals surface area (Å²) < 4.78 is 0. The van der Waals surface area contributed by atoms with E-state index < -0.39 is 0 Å². The molecule has 0 spiro atoms. The predicted octanol–water partition coefficient (Wildman–Crippen LogP) is 2.88. The molecule has 3 atom stereocenters. The molecule has 0 aliphatic heterocycles. The first-order valence-corrected chi connectivity index (χ1v) is 6.83. The lowest BCUT2D eigenvalue weighted by molar-refractivity contribution is 0.134. The summed E-state index contributed by atoms with van der Waals surface area (Å²) in [5, 5.41) is 3.54. The van der Waals surface area contributed by atoms with Gasteiger partial charge in [0.25, 0.3) is 0 Å². The molecule has 1 aliphatic carbocycles. The smallest absolute Gasteiger partial charge is 0.0271 e. The van der Waals surface area contributed by atoms with Crippen LogP contribution in [0.5, 0.6) is 0 Å². The van der Waals surface area contributed by atoms with Gasteiger partial charge in [-0.05, 0) is 45.7 Å². The molecule has 2 heteroatoms. The molecule has 0 saturated heterocycles. The maximum absolute atomic E-state index is 3.54. The SMILES string of the molecule is CCCC(C)N(C)C1CCC(C)(C)C1NC. The Hall–Kier alpha value is -0.0800. The molecule has 0 bridgehead atoms. The minimum atomic E-state index is 0.444. The summed E-state index contributed by atoms with van der Waals surface area (Å²) in [5.74, 6) is 0. The highest BCUT2D eigenvalue weighted by Crippen LogP contribution is 2.40. The minimum Gasteiger partial charge on any atom is -0.315 e. The van der Waals surface area contributed by atoms with Gasteiger partial charge in [0.1, 0.15) is 0 Å². The second-order valence-electron chi connectivity index (χ2n) is 6.16. The average Bonchev–Trinajstić information content (AvgIpc) is 2.52. The largest absolute Gasteiger partial charge is 0.315 e. The van der Waals surface area contributed by atoms with E-state index in [1.165, 1.54) is 25.7 Å². The van der Waals surface area contributed by atoms with Gasteiger partial charge in [-0.1, -0.05) is 27.2 Å². The highest BCUT2D eigenvalue weighted by atomic mass is 15.2. The van der Waals surface area contributed by atoms with Crippen LogP contribution < -0.4 is 5.32 Å². The summed E-state index contributed by atoms with van der Waals surface area (Å²) in [5.41, 5.74) is 0.444. The van der Waals surface area contributed by atoms with Gasteiger partial charge in [0, 0.05) is 18.1 Å². The van der Waals surface area contributed by atoms with Crippen LogP contribution in [0.15, 0.2) is 0 Å². The number of nitrogens with one attached hydrogen (secondary N) is 1. The Morgan fingerprint density at radius 3 is 2.56 bits per heavy atom. The van der Waals surface area contributed by atoms with Gasteiger partial charge < -0.3 is 5.32 Å². The number of likely N-dealkylation sites (N-methyl/N-ethyl adjacent to an activating group) is 2. The fourth-order valence-corrected chi connectivity index (χ4v) is 3.33. The van der Waals surface area contributed by atoms with Gasteiger partial charge in [-0.2, -0.15) is 0 Å². The van der Waals surface area contributed by atoms with Crippen LogP contribution in [0.25, 0.3) is 0 Å². The van der Waals surface area contributed by atoms with Gasteiger partial charge in [-0.25, -0.2) is 0 Å². The molecule has 1 rings (SSSR count). The van der Waals surface area contributed by atoms with E-state index in [4.69, 9.17) is 0 Å². The van der Waals surface area contributed by atoms with Crippen LogP contribution in [-0.4, -0.2) is 37.1 Å². The van der Waals surface area contributed by atoms with Crippen molar-refractivity contribution in [3.8, 4) is 0 Å². The summed E-state index contributed by atoms with van der Waals surface area (Å²) in [6.45, 7) is 9.43. The van der Waals surface area contributed by atoms with Crippen LogP contribution in [0.2, 0.25) is 0 Å². The number of hydrogen-bond acceptors (Lipinski definition) is 2. The number of nitrogens with zero attached hydrogens (tertiary/aromatic N) is 1. The van der Waals surface area contributed by atoms with Crippen molar-refractivity contribution in [3.05, 3.63) is 0 Å². The van der Waals surface area contributed by atoms with Gasteiger partial charge in [-0.15, -0.1) is 0 Å². The molecular weight excluding hydrogens is 196 g/mol. The second kappa shape index (κ2) is 5.50. The highest BCUT2D eigenvalue weighted by Gasteiger charge is 2.43. The van der Waals surface area contributed by atoms with Crippen LogP contribution in [0.1, 0.15) is 53.4 Å².